The van der Waals surface area contributed by atoms with Crippen LogP contribution in [0.3, 0.4) is 0 Å². The maximum atomic E-state index is 11.7. The van der Waals surface area contributed by atoms with E-state index in [1.54, 1.807) is 79.9 Å². The summed E-state index contributed by atoms with van der Waals surface area (Å²) in [6.07, 6.45) is 0. The number of aromatic hydroxyl groups is 1. The quantitative estimate of drug-likeness (QED) is 0.0957. The second kappa shape index (κ2) is 22.1. The maximum absolute atomic E-state index is 11.7. The number of phenols is 1. The molecule has 0 aliphatic rings. The molecule has 0 saturated heterocycles. The molecule has 5 rings (SSSR count). The van der Waals surface area contributed by atoms with E-state index in [9.17, 15) is 22.9 Å². The zero-order valence-electron chi connectivity index (χ0n) is 30.5. The number of amides is 2. The van der Waals surface area contributed by atoms with E-state index in [1.165, 1.54) is 6.07 Å². The number of para-hydroxylation sites is 1. The van der Waals surface area contributed by atoms with Crippen molar-refractivity contribution in [3.05, 3.63) is 108 Å². The highest BCUT2D eigenvalue weighted by Crippen LogP contribution is 2.41. The molecule has 13 heteroatoms. The van der Waals surface area contributed by atoms with Crippen molar-refractivity contribution in [1.82, 2.24) is 0 Å². The van der Waals surface area contributed by atoms with Crippen molar-refractivity contribution in [2.24, 2.45) is 26.2 Å². The average Bonchev–Trinajstić information content (AvgIpc) is 3.14. The normalized spacial score (nSPS) is 10.4. The molecule has 272 valence electrons. The number of hydrogen-bond donors (Lipinski definition) is 4. The summed E-state index contributed by atoms with van der Waals surface area (Å²) in [7, 11) is -3.01. The number of anilines is 1. The summed E-state index contributed by atoms with van der Waals surface area (Å²) in [6.45, 7) is 15.8. The van der Waals surface area contributed by atoms with Crippen LogP contribution in [-0.2, 0) is 10.1 Å². The molecule has 0 aliphatic heterocycles. The molecule has 0 spiro atoms. The monoisotopic (exact) mass is 716 g/mol. The van der Waals surface area contributed by atoms with Gasteiger partial charge in [-0.1, -0.05) is 95.6 Å². The summed E-state index contributed by atoms with van der Waals surface area (Å²) in [5.41, 5.74) is 8.86. The Morgan fingerprint density at radius 1 is 0.725 bits per heavy atom. The minimum absolute atomic E-state index is 0.292. The molecular formula is C38H48N6O6S. The Balaban J connectivity index is 0.000000448. The first-order valence-electron chi connectivity index (χ1n) is 16.4. The van der Waals surface area contributed by atoms with E-state index in [1.807, 2.05) is 73.6 Å². The lowest BCUT2D eigenvalue weighted by Crippen LogP contribution is -2.19. The lowest BCUT2D eigenvalue weighted by molar-refractivity contribution is 0.259. The summed E-state index contributed by atoms with van der Waals surface area (Å²) in [5.74, 6) is 0.279. The zero-order chi connectivity index (χ0) is 38.6. The molecule has 0 atom stereocenters. The number of hydrogen-bond acceptors (Lipinski definition) is 9. The lowest BCUT2D eigenvalue weighted by Gasteiger charge is -2.09. The van der Waals surface area contributed by atoms with Gasteiger partial charge in [0.2, 0.25) is 0 Å². The van der Waals surface area contributed by atoms with Crippen LogP contribution >= 0.6 is 0 Å². The Morgan fingerprint density at radius 3 is 1.90 bits per heavy atom. The predicted octanol–water partition coefficient (Wildman–Crippen LogP) is 11.5. The minimum Gasteiger partial charge on any atom is -0.505 e. The van der Waals surface area contributed by atoms with Crippen molar-refractivity contribution >= 4 is 55.4 Å². The van der Waals surface area contributed by atoms with E-state index in [0.29, 0.717) is 39.3 Å². The SMILES string of the molecule is CC.CC.CC.COc1ccccc1N=Nc1ccc(C)cc1NC(N)=O.Cc1ccc2cc(S(=O)(=O)O)c(N=Nc3ccccc3)c(O)c2c1. The Labute approximate surface area is 300 Å². The molecule has 5 N–H and O–H groups in total. The second-order valence-corrected chi connectivity index (χ2v) is 11.1. The van der Waals surface area contributed by atoms with Gasteiger partial charge in [0.05, 0.1) is 18.5 Å². The van der Waals surface area contributed by atoms with Gasteiger partial charge < -0.3 is 20.9 Å². The maximum Gasteiger partial charge on any atom is 0.316 e. The smallest absolute Gasteiger partial charge is 0.316 e. The van der Waals surface area contributed by atoms with E-state index >= 15 is 0 Å². The first-order valence-corrected chi connectivity index (χ1v) is 17.8. The van der Waals surface area contributed by atoms with Crippen molar-refractivity contribution in [3.8, 4) is 11.5 Å². The van der Waals surface area contributed by atoms with Crippen LogP contribution in [0.1, 0.15) is 52.7 Å². The molecule has 0 aliphatic carbocycles. The number of ether oxygens (including phenoxy) is 1. The standard InChI is InChI=1S/C17H14N2O4S.C15H16N4O2.3C2H6/c1-11-7-8-12-10-15(24(21,22)23)16(17(20)14(12)9-11)19-18-13-5-3-2-4-6-13;1-10-7-8-11(13(9-10)17-15(16)20)18-19-12-5-3-4-6-14(12)21-2;3*1-2/h2-10,20H,1H3,(H,21,22,23);3-9H,1-2H3,(H3,16,17,20);3*1-2H3. The summed E-state index contributed by atoms with van der Waals surface area (Å²) >= 11 is 0. The van der Waals surface area contributed by atoms with Gasteiger partial charge in [0.1, 0.15) is 27.7 Å². The van der Waals surface area contributed by atoms with Crippen LogP contribution in [0.5, 0.6) is 11.5 Å². The molecule has 0 aromatic heterocycles. The van der Waals surface area contributed by atoms with Crippen LogP contribution in [0.4, 0.5) is 33.2 Å². The Hall–Kier alpha value is -5.66. The number of azo groups is 2. The van der Waals surface area contributed by atoms with Gasteiger partial charge >= 0.3 is 6.03 Å². The van der Waals surface area contributed by atoms with Gasteiger partial charge in [-0.3, -0.25) is 4.55 Å². The van der Waals surface area contributed by atoms with Crippen molar-refractivity contribution in [3.63, 3.8) is 0 Å². The zero-order valence-corrected chi connectivity index (χ0v) is 31.4. The number of nitrogens with zero attached hydrogens (tertiary/aromatic N) is 4. The number of primary amides is 1. The van der Waals surface area contributed by atoms with Crippen molar-refractivity contribution in [2.45, 2.75) is 60.3 Å². The Morgan fingerprint density at radius 2 is 1.29 bits per heavy atom. The third kappa shape index (κ3) is 13.3. The molecule has 51 heavy (non-hydrogen) atoms. The fraction of sp³-hybridized carbons (Fsp3) is 0.237. The summed E-state index contributed by atoms with van der Waals surface area (Å²) in [4.78, 5) is 10.5. The Bertz CT molecular complexity index is 2020. The number of phenolic OH excluding ortho intramolecular Hbond substituents is 1. The number of carbonyl (C=O) groups is 1. The number of rotatable bonds is 7. The van der Waals surface area contributed by atoms with E-state index in [2.05, 4.69) is 25.8 Å². The van der Waals surface area contributed by atoms with Gasteiger partial charge in [-0.2, -0.15) is 13.5 Å². The highest BCUT2D eigenvalue weighted by Gasteiger charge is 2.22. The summed E-state index contributed by atoms with van der Waals surface area (Å²) in [5, 5.41) is 30.0. The number of aryl methyl sites for hydroxylation is 2. The highest BCUT2D eigenvalue weighted by molar-refractivity contribution is 7.86. The van der Waals surface area contributed by atoms with E-state index in [0.717, 1.165) is 11.1 Å². The number of nitrogens with one attached hydrogen (secondary N) is 1. The number of methoxy groups -OCH3 is 1. The van der Waals surface area contributed by atoms with E-state index in [4.69, 9.17) is 10.5 Å². The third-order valence-electron chi connectivity index (χ3n) is 6.27. The number of nitrogens with two attached hydrogens (primary N) is 1. The van der Waals surface area contributed by atoms with E-state index < -0.39 is 21.0 Å². The molecule has 0 fully saturated rings. The van der Waals surface area contributed by atoms with Crippen LogP contribution < -0.4 is 15.8 Å². The van der Waals surface area contributed by atoms with Crippen molar-refractivity contribution in [2.75, 3.05) is 12.4 Å². The summed E-state index contributed by atoms with van der Waals surface area (Å²) in [6, 6.07) is 27.1. The molecule has 0 radical (unpaired) electrons. The van der Waals surface area contributed by atoms with Crippen molar-refractivity contribution in [1.29, 1.82) is 0 Å². The van der Waals surface area contributed by atoms with Gasteiger partial charge in [0.25, 0.3) is 10.1 Å². The van der Waals surface area contributed by atoms with Crippen LogP contribution in [0.25, 0.3) is 10.8 Å². The van der Waals surface area contributed by atoms with Crippen molar-refractivity contribution < 1.29 is 27.6 Å². The molecule has 0 bridgehead atoms. The Kier molecular flexibility index (Phi) is 18.8. The lowest BCUT2D eigenvalue weighted by atomic mass is 10.1. The van der Waals surface area contributed by atoms with Crippen LogP contribution in [0, 0.1) is 13.8 Å². The predicted molar refractivity (Wildman–Crippen MR) is 206 cm³/mol. The van der Waals surface area contributed by atoms with Gasteiger partial charge in [-0.15, -0.1) is 15.3 Å². The molecule has 0 saturated carbocycles. The summed E-state index contributed by atoms with van der Waals surface area (Å²) < 4.78 is 38.0. The molecule has 5 aromatic rings. The fourth-order valence-corrected chi connectivity index (χ4v) is 4.80. The second-order valence-electron chi connectivity index (χ2n) is 9.69. The topological polar surface area (TPSA) is 188 Å². The number of carbonyl (C=O) groups excluding carboxylic acids is 1. The van der Waals surface area contributed by atoms with Gasteiger partial charge in [-0.05, 0) is 73.3 Å². The average molecular weight is 717 g/mol. The molecule has 5 aromatic carbocycles. The number of benzene rings is 5. The van der Waals surface area contributed by atoms with Crippen LogP contribution in [0.15, 0.2) is 122 Å². The number of fused-ring (bicyclic) bond motifs is 1. The van der Waals surface area contributed by atoms with Crippen LogP contribution in [-0.4, -0.2) is 31.2 Å². The highest BCUT2D eigenvalue weighted by atomic mass is 32.2. The molecule has 0 unspecified atom stereocenters. The minimum atomic E-state index is -4.58. The van der Waals surface area contributed by atoms with Crippen LogP contribution in [0.2, 0.25) is 0 Å². The molecular weight excluding hydrogens is 669 g/mol. The van der Waals surface area contributed by atoms with Gasteiger partial charge in [-0.25, -0.2) is 4.79 Å². The third-order valence-corrected chi connectivity index (χ3v) is 7.14. The first-order chi connectivity index (χ1) is 24.5. The largest absolute Gasteiger partial charge is 0.505 e. The van der Waals surface area contributed by atoms with Gasteiger partial charge in [0.15, 0.2) is 5.75 Å². The van der Waals surface area contributed by atoms with E-state index in [-0.39, 0.29) is 11.4 Å². The molecule has 2 amide bonds. The number of urea groups is 1. The first kappa shape index (κ1) is 43.4. The molecule has 0 heterocycles. The molecule has 12 nitrogen and oxygen atoms in total. The van der Waals surface area contributed by atoms with Gasteiger partial charge in [0, 0.05) is 5.39 Å². The fourth-order valence-electron chi connectivity index (χ4n) is 4.14.